The fraction of sp³-hybridized carbons (Fsp3) is 0.733. The number of nitrogens with one attached hydrogen (secondary N) is 2. The maximum atomic E-state index is 12.0. The van der Waals surface area contributed by atoms with Gasteiger partial charge in [0, 0.05) is 6.54 Å². The number of unbranched alkanes of at least 4 members (excludes halogenated alkanes) is 5. The first-order valence-corrected chi connectivity index (χ1v) is 7.69. The molecule has 0 saturated heterocycles. The number of rotatable bonds is 9. The van der Waals surface area contributed by atoms with E-state index in [0.717, 1.165) is 18.5 Å². The molecule has 0 spiro atoms. The van der Waals surface area contributed by atoms with Crippen LogP contribution < -0.4 is 11.1 Å². The van der Waals surface area contributed by atoms with Gasteiger partial charge in [0.05, 0.1) is 11.4 Å². The Labute approximate surface area is 121 Å². The predicted octanol–water partition coefficient (Wildman–Crippen LogP) is 3.21. The Hall–Kier alpha value is -1.52. The SMILES string of the molecule is CCCCCCCCNC(=O)c1n[nH]c(C(C)C)c1N. The monoisotopic (exact) mass is 280 g/mol. The van der Waals surface area contributed by atoms with Crippen LogP contribution in [0.3, 0.4) is 0 Å². The largest absolute Gasteiger partial charge is 0.395 e. The van der Waals surface area contributed by atoms with Gasteiger partial charge in [0.1, 0.15) is 0 Å². The van der Waals surface area contributed by atoms with Crippen molar-refractivity contribution in [2.75, 3.05) is 12.3 Å². The summed E-state index contributed by atoms with van der Waals surface area (Å²) in [4.78, 5) is 12.0. The van der Waals surface area contributed by atoms with Gasteiger partial charge in [-0.15, -0.1) is 0 Å². The number of hydrogen-bond donors (Lipinski definition) is 3. The van der Waals surface area contributed by atoms with Gasteiger partial charge in [-0.1, -0.05) is 52.9 Å². The van der Waals surface area contributed by atoms with Crippen LogP contribution in [-0.2, 0) is 0 Å². The zero-order valence-electron chi connectivity index (χ0n) is 13.0. The average molecular weight is 280 g/mol. The van der Waals surface area contributed by atoms with Gasteiger partial charge in [0.25, 0.3) is 5.91 Å². The van der Waals surface area contributed by atoms with Crippen LogP contribution in [0.2, 0.25) is 0 Å². The van der Waals surface area contributed by atoms with E-state index in [2.05, 4.69) is 22.4 Å². The Morgan fingerprint density at radius 1 is 1.25 bits per heavy atom. The van der Waals surface area contributed by atoms with Crippen molar-refractivity contribution in [1.29, 1.82) is 0 Å². The molecule has 0 aliphatic rings. The van der Waals surface area contributed by atoms with Crippen molar-refractivity contribution in [2.45, 2.75) is 65.2 Å². The Morgan fingerprint density at radius 2 is 1.90 bits per heavy atom. The molecule has 0 aliphatic heterocycles. The highest BCUT2D eigenvalue weighted by atomic mass is 16.1. The molecule has 20 heavy (non-hydrogen) atoms. The molecule has 114 valence electrons. The molecule has 0 aromatic carbocycles. The molecule has 0 aliphatic carbocycles. The fourth-order valence-corrected chi connectivity index (χ4v) is 2.17. The van der Waals surface area contributed by atoms with E-state index in [-0.39, 0.29) is 11.8 Å². The molecule has 1 aromatic heterocycles. The number of anilines is 1. The third-order valence-electron chi connectivity index (χ3n) is 3.44. The fourth-order valence-electron chi connectivity index (χ4n) is 2.17. The number of amides is 1. The topological polar surface area (TPSA) is 83.8 Å². The van der Waals surface area contributed by atoms with Gasteiger partial charge in [0.15, 0.2) is 5.69 Å². The van der Waals surface area contributed by atoms with E-state index in [1.54, 1.807) is 0 Å². The van der Waals surface area contributed by atoms with E-state index < -0.39 is 0 Å². The molecule has 1 heterocycles. The Kier molecular flexibility index (Phi) is 7.12. The number of hydrogen-bond acceptors (Lipinski definition) is 3. The number of carbonyl (C=O) groups is 1. The molecule has 0 unspecified atom stereocenters. The molecular weight excluding hydrogens is 252 g/mol. The summed E-state index contributed by atoms with van der Waals surface area (Å²) < 4.78 is 0. The lowest BCUT2D eigenvalue weighted by Crippen LogP contribution is -2.25. The summed E-state index contributed by atoms with van der Waals surface area (Å²) in [6, 6.07) is 0. The standard InChI is InChI=1S/C15H28N4O/c1-4-5-6-7-8-9-10-17-15(20)14-12(16)13(11(2)3)18-19-14/h11H,4-10,16H2,1-3H3,(H,17,20)(H,18,19). The molecule has 0 fully saturated rings. The summed E-state index contributed by atoms with van der Waals surface area (Å²) in [5.74, 6) is 0.0572. The summed E-state index contributed by atoms with van der Waals surface area (Å²) in [5, 5.41) is 9.74. The smallest absolute Gasteiger partial charge is 0.273 e. The van der Waals surface area contributed by atoms with E-state index in [1.165, 1.54) is 25.7 Å². The lowest BCUT2D eigenvalue weighted by Gasteiger charge is -2.05. The van der Waals surface area contributed by atoms with Crippen LogP contribution in [0, 0.1) is 0 Å². The summed E-state index contributed by atoms with van der Waals surface area (Å²) in [7, 11) is 0. The van der Waals surface area contributed by atoms with Crippen molar-refractivity contribution in [3.05, 3.63) is 11.4 Å². The number of nitrogens with two attached hydrogens (primary N) is 1. The van der Waals surface area contributed by atoms with Crippen molar-refractivity contribution in [3.8, 4) is 0 Å². The zero-order valence-corrected chi connectivity index (χ0v) is 13.0. The van der Waals surface area contributed by atoms with E-state index >= 15 is 0 Å². The van der Waals surface area contributed by atoms with Gasteiger partial charge in [-0.25, -0.2) is 0 Å². The van der Waals surface area contributed by atoms with Crippen molar-refractivity contribution < 1.29 is 4.79 Å². The van der Waals surface area contributed by atoms with Crippen LogP contribution >= 0.6 is 0 Å². The second kappa shape index (κ2) is 8.61. The number of carbonyl (C=O) groups excluding carboxylic acids is 1. The first-order chi connectivity index (χ1) is 9.57. The Morgan fingerprint density at radius 3 is 2.50 bits per heavy atom. The maximum Gasteiger partial charge on any atom is 0.273 e. The average Bonchev–Trinajstić information content (AvgIpc) is 2.79. The highest BCUT2D eigenvalue weighted by Crippen LogP contribution is 2.21. The molecule has 0 saturated carbocycles. The van der Waals surface area contributed by atoms with Gasteiger partial charge in [0.2, 0.25) is 0 Å². The van der Waals surface area contributed by atoms with Crippen LogP contribution in [0.1, 0.15) is 81.4 Å². The van der Waals surface area contributed by atoms with Gasteiger partial charge < -0.3 is 11.1 Å². The minimum atomic E-state index is -0.181. The van der Waals surface area contributed by atoms with E-state index in [1.807, 2.05) is 13.8 Å². The molecule has 5 heteroatoms. The molecule has 1 amide bonds. The van der Waals surface area contributed by atoms with E-state index in [0.29, 0.717) is 17.9 Å². The van der Waals surface area contributed by atoms with Crippen molar-refractivity contribution in [2.24, 2.45) is 0 Å². The molecule has 0 radical (unpaired) electrons. The second-order valence-corrected chi connectivity index (χ2v) is 5.58. The molecule has 1 aromatic rings. The first-order valence-electron chi connectivity index (χ1n) is 7.69. The van der Waals surface area contributed by atoms with Crippen LogP contribution in [0.5, 0.6) is 0 Å². The lowest BCUT2D eigenvalue weighted by atomic mass is 10.1. The third kappa shape index (κ3) is 4.87. The molecule has 5 nitrogen and oxygen atoms in total. The van der Waals surface area contributed by atoms with E-state index in [9.17, 15) is 4.79 Å². The normalized spacial score (nSPS) is 11.0. The van der Waals surface area contributed by atoms with Crippen molar-refractivity contribution >= 4 is 11.6 Å². The van der Waals surface area contributed by atoms with Gasteiger partial charge in [-0.2, -0.15) is 5.10 Å². The molecule has 0 atom stereocenters. The Bertz CT molecular complexity index is 412. The minimum absolute atomic E-state index is 0.181. The number of H-pyrrole nitrogens is 1. The van der Waals surface area contributed by atoms with Crippen LogP contribution in [0.4, 0.5) is 5.69 Å². The lowest BCUT2D eigenvalue weighted by molar-refractivity contribution is 0.0949. The second-order valence-electron chi connectivity index (χ2n) is 5.58. The zero-order chi connectivity index (χ0) is 15.0. The van der Waals surface area contributed by atoms with Gasteiger partial charge in [-0.3, -0.25) is 9.89 Å². The molecule has 4 N–H and O–H groups in total. The highest BCUT2D eigenvalue weighted by Gasteiger charge is 2.18. The van der Waals surface area contributed by atoms with Crippen molar-refractivity contribution in [3.63, 3.8) is 0 Å². The minimum Gasteiger partial charge on any atom is -0.395 e. The van der Waals surface area contributed by atoms with Crippen LogP contribution in [-0.4, -0.2) is 22.6 Å². The highest BCUT2D eigenvalue weighted by molar-refractivity contribution is 5.97. The van der Waals surface area contributed by atoms with Crippen LogP contribution in [0.25, 0.3) is 0 Å². The van der Waals surface area contributed by atoms with Crippen LogP contribution in [0.15, 0.2) is 0 Å². The predicted molar refractivity (Wildman–Crippen MR) is 82.8 cm³/mol. The summed E-state index contributed by atoms with van der Waals surface area (Å²) in [5.41, 5.74) is 7.56. The Balaban J connectivity index is 2.29. The molecule has 0 bridgehead atoms. The number of nitrogen functional groups attached to an aromatic ring is 1. The summed E-state index contributed by atoms with van der Waals surface area (Å²) >= 11 is 0. The molecular formula is C15H28N4O. The molecule has 1 rings (SSSR count). The van der Waals surface area contributed by atoms with Gasteiger partial charge in [-0.05, 0) is 12.3 Å². The number of nitrogens with zero attached hydrogens (tertiary/aromatic N) is 1. The number of aromatic amines is 1. The summed E-state index contributed by atoms with van der Waals surface area (Å²) in [6.45, 7) is 6.93. The first kappa shape index (κ1) is 16.5. The van der Waals surface area contributed by atoms with Crippen molar-refractivity contribution in [1.82, 2.24) is 15.5 Å². The van der Waals surface area contributed by atoms with E-state index in [4.69, 9.17) is 5.73 Å². The van der Waals surface area contributed by atoms with Gasteiger partial charge >= 0.3 is 0 Å². The third-order valence-corrected chi connectivity index (χ3v) is 3.44. The summed E-state index contributed by atoms with van der Waals surface area (Å²) in [6.07, 6.45) is 7.26. The quantitative estimate of drug-likeness (QED) is 0.607. The maximum absolute atomic E-state index is 12.0. The number of aromatic nitrogens is 2.